The highest BCUT2D eigenvalue weighted by molar-refractivity contribution is 5.65. The first-order valence-electron chi connectivity index (χ1n) is 12.6. The monoisotopic (exact) mass is 515 g/mol. The van der Waals surface area contributed by atoms with Gasteiger partial charge in [-0.2, -0.15) is 13.2 Å². The third-order valence-corrected chi connectivity index (χ3v) is 6.95. The van der Waals surface area contributed by atoms with Gasteiger partial charge in [-0.05, 0) is 55.1 Å². The summed E-state index contributed by atoms with van der Waals surface area (Å²) in [6.07, 6.45) is 0.963. The van der Waals surface area contributed by atoms with Gasteiger partial charge in [0.1, 0.15) is 6.33 Å². The molecule has 2 aliphatic heterocycles. The molecule has 0 amide bonds. The van der Waals surface area contributed by atoms with Crippen molar-refractivity contribution in [3.8, 4) is 0 Å². The van der Waals surface area contributed by atoms with Crippen molar-refractivity contribution in [3.63, 3.8) is 0 Å². The minimum atomic E-state index is -4.48. The number of nitrogens with one attached hydrogen (secondary N) is 1. The number of hydrogen-bond acceptors (Lipinski definition) is 7. The van der Waals surface area contributed by atoms with Crippen LogP contribution < -0.4 is 10.2 Å². The van der Waals surface area contributed by atoms with Gasteiger partial charge in [0.05, 0.1) is 37.1 Å². The van der Waals surface area contributed by atoms with Crippen LogP contribution in [0.3, 0.4) is 0 Å². The van der Waals surface area contributed by atoms with Crippen LogP contribution in [0.5, 0.6) is 0 Å². The van der Waals surface area contributed by atoms with E-state index in [9.17, 15) is 13.2 Å². The number of pyridine rings is 1. The number of benzene rings is 1. The SMILES string of the molecule is C[C@H]1CCCN(Cc2cnc(CNc3cccc(N(c4nncn4C)C4COC4)c3)c(C(F)(F)F)c2)C1. The molecule has 8 nitrogen and oxygen atoms in total. The summed E-state index contributed by atoms with van der Waals surface area (Å²) in [6, 6.07) is 8.88. The van der Waals surface area contributed by atoms with Crippen molar-refractivity contribution in [3.05, 3.63) is 59.7 Å². The van der Waals surface area contributed by atoms with Crippen molar-refractivity contribution in [1.82, 2.24) is 24.6 Å². The molecule has 2 saturated heterocycles. The molecule has 11 heteroatoms. The highest BCUT2D eigenvalue weighted by atomic mass is 19.4. The van der Waals surface area contributed by atoms with Gasteiger partial charge < -0.3 is 19.5 Å². The smallest absolute Gasteiger partial charge is 0.379 e. The second kappa shape index (κ2) is 10.7. The van der Waals surface area contributed by atoms with Crippen LogP contribution in [0.4, 0.5) is 30.5 Å². The van der Waals surface area contributed by atoms with Crippen LogP contribution in [0.1, 0.15) is 36.6 Å². The van der Waals surface area contributed by atoms with Crippen molar-refractivity contribution in [2.75, 3.05) is 36.5 Å². The van der Waals surface area contributed by atoms with E-state index < -0.39 is 11.7 Å². The molecule has 0 spiro atoms. The number of piperidine rings is 1. The van der Waals surface area contributed by atoms with Crippen molar-refractivity contribution >= 4 is 17.3 Å². The molecule has 1 atom stereocenters. The van der Waals surface area contributed by atoms with Crippen molar-refractivity contribution in [2.24, 2.45) is 13.0 Å². The van der Waals surface area contributed by atoms with Crippen molar-refractivity contribution in [1.29, 1.82) is 0 Å². The summed E-state index contributed by atoms with van der Waals surface area (Å²) in [5, 5.41) is 11.4. The van der Waals surface area contributed by atoms with E-state index in [1.54, 1.807) is 12.5 Å². The number of likely N-dealkylation sites (tertiary alicyclic amines) is 1. The maximum absolute atomic E-state index is 14.0. The lowest BCUT2D eigenvalue weighted by Gasteiger charge is -2.37. The molecule has 198 valence electrons. The number of hydrogen-bond donors (Lipinski definition) is 1. The Kier molecular flexibility index (Phi) is 7.34. The van der Waals surface area contributed by atoms with E-state index in [4.69, 9.17) is 4.74 Å². The maximum atomic E-state index is 14.0. The zero-order valence-corrected chi connectivity index (χ0v) is 21.1. The van der Waals surface area contributed by atoms with Crippen LogP contribution >= 0.6 is 0 Å². The number of anilines is 3. The number of aromatic nitrogens is 4. The molecule has 2 aromatic heterocycles. The van der Waals surface area contributed by atoms with Crippen molar-refractivity contribution in [2.45, 2.75) is 45.1 Å². The fourth-order valence-corrected chi connectivity index (χ4v) is 5.01. The Morgan fingerprint density at radius 2 is 2.05 bits per heavy atom. The first-order chi connectivity index (χ1) is 17.8. The van der Waals surface area contributed by atoms with Gasteiger partial charge in [0.2, 0.25) is 5.95 Å². The number of nitrogens with zero attached hydrogens (tertiary/aromatic N) is 6. The molecule has 1 aromatic carbocycles. The van der Waals surface area contributed by atoms with E-state index in [2.05, 4.69) is 32.3 Å². The average molecular weight is 516 g/mol. The predicted octanol–water partition coefficient (Wildman–Crippen LogP) is 4.61. The molecule has 2 fully saturated rings. The molecule has 0 saturated carbocycles. The van der Waals surface area contributed by atoms with Crippen molar-refractivity contribution < 1.29 is 17.9 Å². The van der Waals surface area contributed by atoms with Crippen LogP contribution in [-0.4, -0.2) is 57.0 Å². The van der Waals surface area contributed by atoms with E-state index in [1.807, 2.05) is 40.8 Å². The molecule has 1 N–H and O–H groups in total. The van der Waals surface area contributed by atoms with Gasteiger partial charge in [-0.25, -0.2) is 0 Å². The van der Waals surface area contributed by atoms with Crippen LogP contribution in [-0.2, 0) is 31.1 Å². The van der Waals surface area contributed by atoms with Gasteiger partial charge in [0, 0.05) is 37.7 Å². The molecular formula is C26H32F3N7O. The first kappa shape index (κ1) is 25.5. The maximum Gasteiger partial charge on any atom is 0.418 e. The van der Waals surface area contributed by atoms with Crippen LogP contribution in [0.15, 0.2) is 42.9 Å². The number of alkyl halides is 3. The Bertz CT molecular complexity index is 1210. The zero-order chi connectivity index (χ0) is 26.0. The molecule has 4 heterocycles. The molecule has 0 radical (unpaired) electrons. The standard InChI is InChI=1S/C26H32F3N7O/c1-18-5-4-8-35(13-18)14-19-9-23(26(27,28)29)24(31-11-19)12-30-20-6-3-7-21(10-20)36(22-15-37-16-22)25-33-32-17-34(25)2/h3,6-7,9-11,17-18,22,30H,4-5,8,12-16H2,1-2H3/t18-/m0/s1. The molecular weight excluding hydrogens is 483 g/mol. The quantitative estimate of drug-likeness (QED) is 0.470. The molecule has 0 bridgehead atoms. The highest BCUT2D eigenvalue weighted by Gasteiger charge is 2.35. The number of rotatable bonds is 8. The number of halogens is 3. The fourth-order valence-electron chi connectivity index (χ4n) is 5.01. The predicted molar refractivity (Wildman–Crippen MR) is 134 cm³/mol. The summed E-state index contributed by atoms with van der Waals surface area (Å²) in [4.78, 5) is 8.50. The molecule has 0 unspecified atom stereocenters. The molecule has 3 aromatic rings. The fraction of sp³-hybridized carbons (Fsp3) is 0.500. The van der Waals surface area contributed by atoms with E-state index in [0.29, 0.717) is 42.9 Å². The summed E-state index contributed by atoms with van der Waals surface area (Å²) >= 11 is 0. The van der Waals surface area contributed by atoms with E-state index in [0.717, 1.165) is 25.2 Å². The summed E-state index contributed by atoms with van der Waals surface area (Å²) in [5.74, 6) is 1.23. The lowest BCUT2D eigenvalue weighted by Crippen LogP contribution is -2.47. The van der Waals surface area contributed by atoms with Gasteiger partial charge in [0.25, 0.3) is 0 Å². The lowest BCUT2D eigenvalue weighted by molar-refractivity contribution is -0.138. The van der Waals surface area contributed by atoms with Gasteiger partial charge in [-0.15, -0.1) is 10.2 Å². The Morgan fingerprint density at radius 3 is 2.73 bits per heavy atom. The Balaban J connectivity index is 1.33. The van der Waals surface area contributed by atoms with E-state index >= 15 is 0 Å². The van der Waals surface area contributed by atoms with Crippen LogP contribution in [0, 0.1) is 5.92 Å². The minimum Gasteiger partial charge on any atom is -0.379 e. The zero-order valence-electron chi connectivity index (χ0n) is 21.1. The molecule has 37 heavy (non-hydrogen) atoms. The number of ether oxygens (including phenoxy) is 1. The largest absolute Gasteiger partial charge is 0.418 e. The Labute approximate surface area is 214 Å². The van der Waals surface area contributed by atoms with Crippen LogP contribution in [0.25, 0.3) is 0 Å². The molecule has 0 aliphatic carbocycles. The Hall–Kier alpha value is -3.18. The third kappa shape index (κ3) is 5.88. The van der Waals surface area contributed by atoms with E-state index in [-0.39, 0.29) is 18.3 Å². The van der Waals surface area contributed by atoms with Crippen LogP contribution in [0.2, 0.25) is 0 Å². The van der Waals surface area contributed by atoms with Gasteiger partial charge in [-0.3, -0.25) is 9.88 Å². The minimum absolute atomic E-state index is 0.0220. The van der Waals surface area contributed by atoms with Gasteiger partial charge >= 0.3 is 6.18 Å². The summed E-state index contributed by atoms with van der Waals surface area (Å²) in [6.45, 7) is 5.55. The second-order valence-corrected chi connectivity index (χ2v) is 10.0. The topological polar surface area (TPSA) is 71.3 Å². The summed E-state index contributed by atoms with van der Waals surface area (Å²) in [5.41, 5.74) is 1.42. The first-order valence-corrected chi connectivity index (χ1v) is 12.6. The lowest BCUT2D eigenvalue weighted by atomic mass is 9.99. The summed E-state index contributed by atoms with van der Waals surface area (Å²) in [7, 11) is 1.86. The van der Waals surface area contributed by atoms with E-state index in [1.165, 1.54) is 12.5 Å². The second-order valence-electron chi connectivity index (χ2n) is 10.0. The average Bonchev–Trinajstić information content (AvgIpc) is 3.25. The third-order valence-electron chi connectivity index (χ3n) is 6.95. The highest BCUT2D eigenvalue weighted by Crippen LogP contribution is 2.34. The van der Waals surface area contributed by atoms with Gasteiger partial charge in [0.15, 0.2) is 0 Å². The number of aryl methyl sites for hydroxylation is 1. The Morgan fingerprint density at radius 1 is 1.22 bits per heavy atom. The van der Waals surface area contributed by atoms with Gasteiger partial charge in [-0.1, -0.05) is 13.0 Å². The normalized spacial score (nSPS) is 19.0. The molecule has 5 rings (SSSR count). The summed E-state index contributed by atoms with van der Waals surface area (Å²) < 4.78 is 49.1. The molecule has 2 aliphatic rings.